The smallest absolute Gasteiger partial charge is 0.253 e. The molecule has 1 aromatic carbocycles. The van der Waals surface area contributed by atoms with Gasteiger partial charge >= 0.3 is 0 Å². The molecule has 1 aliphatic rings. The maximum atomic E-state index is 13.3. The second-order valence-electron chi connectivity index (χ2n) is 9.09. The third-order valence-electron chi connectivity index (χ3n) is 6.53. The first kappa shape index (κ1) is 22.4. The quantitative estimate of drug-likeness (QED) is 0.604. The van der Waals surface area contributed by atoms with E-state index >= 15 is 0 Å². The fraction of sp³-hybridized carbons (Fsp3) is 0.565. The standard InChI is InChI=1S/C23H33N7O2/c1-6-23(3,4)30-21(25-26-27-30)20(29-12-10-28(5)11-13-29)18-15-16-14-17(32-7-2)8-9-19(16)24-22(18)31/h8-9,14-15,20H,6-7,10-13H2,1-5H3,(H,24,31)/t20-/m1/s1. The lowest BCUT2D eigenvalue weighted by Gasteiger charge is -2.38. The Hall–Kier alpha value is -2.78. The van der Waals surface area contributed by atoms with Gasteiger partial charge in [0.2, 0.25) is 0 Å². The Balaban J connectivity index is 1.87. The molecule has 0 saturated carbocycles. The molecule has 0 unspecified atom stereocenters. The van der Waals surface area contributed by atoms with Crippen LogP contribution in [0.2, 0.25) is 0 Å². The van der Waals surface area contributed by atoms with Crippen LogP contribution in [0.1, 0.15) is 51.5 Å². The Morgan fingerprint density at radius 3 is 2.59 bits per heavy atom. The summed E-state index contributed by atoms with van der Waals surface area (Å²) in [5.41, 5.74) is 1.05. The predicted octanol–water partition coefficient (Wildman–Crippen LogP) is 2.40. The molecule has 0 amide bonds. The molecular weight excluding hydrogens is 406 g/mol. The zero-order valence-electron chi connectivity index (χ0n) is 19.6. The van der Waals surface area contributed by atoms with Crippen molar-refractivity contribution < 1.29 is 4.74 Å². The lowest BCUT2D eigenvalue weighted by Crippen LogP contribution is -2.48. The topological polar surface area (TPSA) is 92.2 Å². The van der Waals surface area contributed by atoms with Crippen LogP contribution in [-0.2, 0) is 5.54 Å². The number of H-pyrrole nitrogens is 1. The number of piperazine rings is 1. The molecule has 4 rings (SSSR count). The van der Waals surface area contributed by atoms with Crippen LogP contribution in [0, 0.1) is 0 Å². The normalized spacial score (nSPS) is 17.0. The maximum Gasteiger partial charge on any atom is 0.253 e. The van der Waals surface area contributed by atoms with Crippen molar-refractivity contribution in [3.8, 4) is 5.75 Å². The van der Waals surface area contributed by atoms with Crippen LogP contribution in [0.3, 0.4) is 0 Å². The van der Waals surface area contributed by atoms with Gasteiger partial charge < -0.3 is 14.6 Å². The molecule has 1 atom stereocenters. The van der Waals surface area contributed by atoms with Crippen molar-refractivity contribution in [1.29, 1.82) is 0 Å². The van der Waals surface area contributed by atoms with E-state index in [-0.39, 0.29) is 17.1 Å². The number of benzene rings is 1. The molecule has 1 saturated heterocycles. The van der Waals surface area contributed by atoms with Crippen molar-refractivity contribution in [3.63, 3.8) is 0 Å². The van der Waals surface area contributed by atoms with Gasteiger partial charge in [-0.15, -0.1) is 5.10 Å². The first-order chi connectivity index (χ1) is 15.3. The number of nitrogens with zero attached hydrogens (tertiary/aromatic N) is 6. The van der Waals surface area contributed by atoms with Gasteiger partial charge in [0.05, 0.1) is 12.1 Å². The van der Waals surface area contributed by atoms with Crippen LogP contribution >= 0.6 is 0 Å². The van der Waals surface area contributed by atoms with E-state index in [4.69, 9.17) is 4.74 Å². The van der Waals surface area contributed by atoms with E-state index in [2.05, 4.69) is 58.1 Å². The van der Waals surface area contributed by atoms with Crippen molar-refractivity contribution in [3.05, 3.63) is 46.0 Å². The first-order valence-electron chi connectivity index (χ1n) is 11.3. The number of aromatic nitrogens is 5. The highest BCUT2D eigenvalue weighted by Gasteiger charge is 2.35. The van der Waals surface area contributed by atoms with Gasteiger partial charge in [-0.25, -0.2) is 4.68 Å². The van der Waals surface area contributed by atoms with Gasteiger partial charge in [0.25, 0.3) is 5.56 Å². The molecule has 1 fully saturated rings. The Kier molecular flexibility index (Phi) is 6.30. The number of aromatic amines is 1. The van der Waals surface area contributed by atoms with E-state index in [0.717, 1.165) is 49.3 Å². The predicted molar refractivity (Wildman–Crippen MR) is 124 cm³/mol. The second-order valence-corrected chi connectivity index (χ2v) is 9.09. The van der Waals surface area contributed by atoms with Gasteiger partial charge in [-0.2, -0.15) is 0 Å². The molecule has 9 heteroatoms. The van der Waals surface area contributed by atoms with Crippen LogP contribution in [0.5, 0.6) is 5.75 Å². The molecule has 0 radical (unpaired) electrons. The fourth-order valence-electron chi connectivity index (χ4n) is 4.19. The zero-order chi connectivity index (χ0) is 22.9. The average Bonchev–Trinajstić information content (AvgIpc) is 3.26. The highest BCUT2D eigenvalue weighted by Crippen LogP contribution is 2.31. The van der Waals surface area contributed by atoms with Crippen LogP contribution < -0.4 is 10.3 Å². The lowest BCUT2D eigenvalue weighted by atomic mass is 9.99. The summed E-state index contributed by atoms with van der Waals surface area (Å²) in [6, 6.07) is 7.37. The summed E-state index contributed by atoms with van der Waals surface area (Å²) >= 11 is 0. The summed E-state index contributed by atoms with van der Waals surface area (Å²) in [4.78, 5) is 21.0. The van der Waals surface area contributed by atoms with Crippen LogP contribution in [-0.4, -0.2) is 74.8 Å². The fourth-order valence-corrected chi connectivity index (χ4v) is 4.19. The van der Waals surface area contributed by atoms with Crippen LogP contribution in [0.25, 0.3) is 10.9 Å². The van der Waals surface area contributed by atoms with E-state index in [9.17, 15) is 4.79 Å². The summed E-state index contributed by atoms with van der Waals surface area (Å²) in [5.74, 6) is 1.48. The molecule has 32 heavy (non-hydrogen) atoms. The second kappa shape index (κ2) is 8.99. The SMILES string of the molecule is CCOc1ccc2[nH]c(=O)c([C@H](c3nnnn3C(C)(C)CC)N3CCN(C)CC3)cc2c1. The third kappa shape index (κ3) is 4.27. The lowest BCUT2D eigenvalue weighted by molar-refractivity contribution is 0.117. The number of likely N-dealkylation sites (N-methyl/N-ethyl adjacent to an activating group) is 1. The summed E-state index contributed by atoms with van der Waals surface area (Å²) in [7, 11) is 2.12. The summed E-state index contributed by atoms with van der Waals surface area (Å²) in [6.45, 7) is 12.4. The monoisotopic (exact) mass is 439 g/mol. The van der Waals surface area contributed by atoms with Gasteiger partial charge in [-0.05, 0) is 68.9 Å². The number of rotatable bonds is 7. The number of nitrogens with one attached hydrogen (secondary N) is 1. The first-order valence-corrected chi connectivity index (χ1v) is 11.3. The minimum atomic E-state index is -0.339. The summed E-state index contributed by atoms with van der Waals surface area (Å²) in [6.07, 6.45) is 0.867. The largest absolute Gasteiger partial charge is 0.494 e. The summed E-state index contributed by atoms with van der Waals surface area (Å²) in [5, 5.41) is 13.7. The minimum Gasteiger partial charge on any atom is -0.494 e. The van der Waals surface area contributed by atoms with Gasteiger partial charge in [-0.3, -0.25) is 9.69 Å². The molecule has 1 aliphatic heterocycles. The van der Waals surface area contributed by atoms with Crippen molar-refractivity contribution in [2.45, 2.75) is 45.7 Å². The average molecular weight is 440 g/mol. The highest BCUT2D eigenvalue weighted by molar-refractivity contribution is 5.80. The van der Waals surface area contributed by atoms with Gasteiger partial charge in [0.1, 0.15) is 11.8 Å². The number of ether oxygens (including phenoxy) is 1. The minimum absolute atomic E-state index is 0.116. The van der Waals surface area contributed by atoms with Crippen molar-refractivity contribution in [2.24, 2.45) is 0 Å². The molecule has 2 aromatic heterocycles. The van der Waals surface area contributed by atoms with Crippen molar-refractivity contribution in [1.82, 2.24) is 35.0 Å². The number of hydrogen-bond acceptors (Lipinski definition) is 7. The Morgan fingerprint density at radius 1 is 1.16 bits per heavy atom. The van der Waals surface area contributed by atoms with Gasteiger partial charge in [0, 0.05) is 42.6 Å². The van der Waals surface area contributed by atoms with Gasteiger partial charge in [-0.1, -0.05) is 6.92 Å². The number of hydrogen-bond donors (Lipinski definition) is 1. The van der Waals surface area contributed by atoms with Crippen molar-refractivity contribution in [2.75, 3.05) is 39.8 Å². The number of fused-ring (bicyclic) bond motifs is 1. The van der Waals surface area contributed by atoms with E-state index in [1.165, 1.54) is 0 Å². The molecule has 0 spiro atoms. The molecule has 1 N–H and O–H groups in total. The van der Waals surface area contributed by atoms with Crippen molar-refractivity contribution >= 4 is 10.9 Å². The van der Waals surface area contributed by atoms with E-state index < -0.39 is 0 Å². The molecule has 0 bridgehead atoms. The zero-order valence-corrected chi connectivity index (χ0v) is 19.6. The summed E-state index contributed by atoms with van der Waals surface area (Å²) < 4.78 is 7.56. The molecule has 3 aromatic rings. The molecular formula is C23H33N7O2. The third-order valence-corrected chi connectivity index (χ3v) is 6.53. The maximum absolute atomic E-state index is 13.3. The van der Waals surface area contributed by atoms with Crippen LogP contribution in [0.15, 0.2) is 29.1 Å². The van der Waals surface area contributed by atoms with E-state index in [1.54, 1.807) is 0 Å². The Morgan fingerprint density at radius 2 is 1.91 bits per heavy atom. The number of pyridine rings is 1. The van der Waals surface area contributed by atoms with Crippen LogP contribution in [0.4, 0.5) is 0 Å². The van der Waals surface area contributed by atoms with Gasteiger partial charge in [0.15, 0.2) is 5.82 Å². The Bertz CT molecular complexity index is 1130. The molecule has 172 valence electrons. The highest BCUT2D eigenvalue weighted by atomic mass is 16.5. The molecule has 9 nitrogen and oxygen atoms in total. The Labute approximate surface area is 188 Å². The van der Waals surface area contributed by atoms with E-state index in [1.807, 2.05) is 35.9 Å². The van der Waals surface area contributed by atoms with E-state index in [0.29, 0.717) is 18.0 Å². The molecule has 0 aliphatic carbocycles. The number of tetrazole rings is 1. The molecule has 3 heterocycles.